The zero-order valence-corrected chi connectivity index (χ0v) is 13.1. The molecule has 3 nitrogen and oxygen atoms in total. The second-order valence-electron chi connectivity index (χ2n) is 6.10. The first-order valence-corrected chi connectivity index (χ1v) is 7.98. The summed E-state index contributed by atoms with van der Waals surface area (Å²) in [6.45, 7) is 1.78. The maximum atomic E-state index is 13.3. The first-order chi connectivity index (χ1) is 11.7. The van der Waals surface area contributed by atoms with Crippen molar-refractivity contribution in [2.24, 2.45) is 0 Å². The molecule has 1 fully saturated rings. The number of likely N-dealkylation sites (tertiary alicyclic amines) is 1. The van der Waals surface area contributed by atoms with Gasteiger partial charge in [-0.05, 0) is 42.3 Å². The van der Waals surface area contributed by atoms with Gasteiger partial charge in [0.25, 0.3) is 0 Å². The predicted octanol–water partition coefficient (Wildman–Crippen LogP) is 4.10. The van der Waals surface area contributed by atoms with Gasteiger partial charge >= 0.3 is 0 Å². The summed E-state index contributed by atoms with van der Waals surface area (Å²) in [6.07, 6.45) is 4.81. The van der Waals surface area contributed by atoms with Crippen LogP contribution in [0.25, 0.3) is 5.69 Å². The Bertz CT molecular complexity index is 842. The van der Waals surface area contributed by atoms with Crippen molar-refractivity contribution >= 4 is 0 Å². The van der Waals surface area contributed by atoms with Gasteiger partial charge in [-0.15, -0.1) is 0 Å². The molecule has 1 atom stereocenters. The minimum atomic E-state index is -0.274. The number of halogens is 2. The monoisotopic (exact) mass is 325 g/mol. The largest absolute Gasteiger partial charge is 0.292 e. The van der Waals surface area contributed by atoms with E-state index in [1.165, 1.54) is 24.3 Å². The Kier molecular flexibility index (Phi) is 3.86. The molecule has 0 unspecified atom stereocenters. The van der Waals surface area contributed by atoms with Gasteiger partial charge in [0.05, 0.1) is 11.9 Å². The van der Waals surface area contributed by atoms with E-state index in [2.05, 4.69) is 10.00 Å². The second-order valence-corrected chi connectivity index (χ2v) is 6.10. The van der Waals surface area contributed by atoms with E-state index < -0.39 is 0 Å². The average Bonchev–Trinajstić information content (AvgIpc) is 3.03. The molecule has 0 aliphatic carbocycles. The zero-order chi connectivity index (χ0) is 16.5. The third-order valence-electron chi connectivity index (χ3n) is 4.48. The summed E-state index contributed by atoms with van der Waals surface area (Å²) in [5, 5.41) is 4.32. The van der Waals surface area contributed by atoms with E-state index in [1.807, 2.05) is 30.6 Å². The second kappa shape index (κ2) is 6.17. The van der Waals surface area contributed by atoms with Crippen molar-refractivity contribution < 1.29 is 8.78 Å². The Balaban J connectivity index is 1.47. The molecule has 1 aliphatic heterocycles. The molecule has 5 heteroatoms. The van der Waals surface area contributed by atoms with E-state index in [4.69, 9.17) is 0 Å². The molecule has 0 amide bonds. The fraction of sp³-hybridized carbons (Fsp3) is 0.211. The Morgan fingerprint density at radius 2 is 1.88 bits per heavy atom. The van der Waals surface area contributed by atoms with Crippen LogP contribution in [0, 0.1) is 11.6 Å². The van der Waals surface area contributed by atoms with E-state index in [9.17, 15) is 8.78 Å². The number of nitrogens with zero attached hydrogens (tertiary/aromatic N) is 3. The van der Waals surface area contributed by atoms with Gasteiger partial charge < -0.3 is 0 Å². The summed E-state index contributed by atoms with van der Waals surface area (Å²) < 4.78 is 28.1. The quantitative estimate of drug-likeness (QED) is 0.720. The van der Waals surface area contributed by atoms with E-state index >= 15 is 0 Å². The molecule has 4 rings (SSSR count). The molecule has 122 valence electrons. The maximum Gasteiger partial charge on any atom is 0.125 e. The van der Waals surface area contributed by atoms with Gasteiger partial charge in [-0.1, -0.05) is 18.2 Å². The molecule has 0 saturated carbocycles. The number of rotatable bonds is 4. The molecule has 1 aliphatic rings. The van der Waals surface area contributed by atoms with Crippen molar-refractivity contribution in [2.45, 2.75) is 19.0 Å². The molecule has 0 radical (unpaired) electrons. The van der Waals surface area contributed by atoms with Gasteiger partial charge in [0.2, 0.25) is 0 Å². The molecular weight excluding hydrogens is 308 g/mol. The summed E-state index contributed by atoms with van der Waals surface area (Å²) in [4.78, 5) is 2.33. The van der Waals surface area contributed by atoms with E-state index in [0.29, 0.717) is 11.7 Å². The van der Waals surface area contributed by atoms with Crippen LogP contribution in [0.2, 0.25) is 0 Å². The standard InChI is InChI=1S/C19H17F2N3/c20-16-6-4-15(5-7-16)19-8-9-23(19)12-14-11-22-24(13-14)18-3-1-2-17(21)10-18/h1-7,10-11,13,19H,8-9,12H2/t19-/m1/s1. The number of benzene rings is 2. The predicted molar refractivity (Wildman–Crippen MR) is 87.7 cm³/mol. The van der Waals surface area contributed by atoms with Crippen molar-refractivity contribution in [1.82, 2.24) is 14.7 Å². The van der Waals surface area contributed by atoms with Crippen LogP contribution in [0.1, 0.15) is 23.6 Å². The normalized spacial score (nSPS) is 17.7. The fourth-order valence-corrected chi connectivity index (χ4v) is 3.13. The highest BCUT2D eigenvalue weighted by Gasteiger charge is 2.29. The number of hydrogen-bond donors (Lipinski definition) is 0. The molecule has 2 heterocycles. The minimum Gasteiger partial charge on any atom is -0.292 e. The molecule has 1 aromatic heterocycles. The van der Waals surface area contributed by atoms with Crippen molar-refractivity contribution in [3.8, 4) is 5.69 Å². The number of hydrogen-bond acceptors (Lipinski definition) is 2. The van der Waals surface area contributed by atoms with Crippen LogP contribution in [0.4, 0.5) is 8.78 Å². The van der Waals surface area contributed by atoms with Crippen LogP contribution in [0.5, 0.6) is 0 Å². The van der Waals surface area contributed by atoms with Crippen molar-refractivity contribution in [1.29, 1.82) is 0 Å². The highest BCUT2D eigenvalue weighted by atomic mass is 19.1. The fourth-order valence-electron chi connectivity index (χ4n) is 3.13. The van der Waals surface area contributed by atoms with Crippen molar-refractivity contribution in [3.05, 3.63) is 83.7 Å². The Hall–Kier alpha value is -2.53. The molecule has 24 heavy (non-hydrogen) atoms. The maximum absolute atomic E-state index is 13.3. The molecule has 2 aromatic carbocycles. The van der Waals surface area contributed by atoms with Crippen molar-refractivity contribution in [3.63, 3.8) is 0 Å². The van der Waals surface area contributed by atoms with E-state index in [1.54, 1.807) is 10.7 Å². The van der Waals surface area contributed by atoms with Gasteiger partial charge in [-0.2, -0.15) is 5.10 Å². The molecule has 0 N–H and O–H groups in total. The van der Waals surface area contributed by atoms with Crippen LogP contribution in [0.15, 0.2) is 60.9 Å². The molecule has 1 saturated heterocycles. The SMILES string of the molecule is Fc1ccc([C@H]2CCN2Cc2cnn(-c3cccc(F)c3)c2)cc1. The highest BCUT2D eigenvalue weighted by molar-refractivity contribution is 5.32. The summed E-state index contributed by atoms with van der Waals surface area (Å²) >= 11 is 0. The zero-order valence-electron chi connectivity index (χ0n) is 13.1. The summed E-state index contributed by atoms with van der Waals surface area (Å²) in [5.74, 6) is -0.482. The third kappa shape index (κ3) is 2.95. The number of aromatic nitrogens is 2. The van der Waals surface area contributed by atoms with Gasteiger partial charge in [0, 0.05) is 30.9 Å². The highest BCUT2D eigenvalue weighted by Crippen LogP contribution is 2.34. The first kappa shape index (κ1) is 15.0. The summed E-state index contributed by atoms with van der Waals surface area (Å²) in [6, 6.07) is 13.4. The van der Waals surface area contributed by atoms with Crippen LogP contribution < -0.4 is 0 Å². The average molecular weight is 325 g/mol. The summed E-state index contributed by atoms with van der Waals surface area (Å²) in [7, 11) is 0. The van der Waals surface area contributed by atoms with Crippen LogP contribution >= 0.6 is 0 Å². The topological polar surface area (TPSA) is 21.1 Å². The van der Waals surface area contributed by atoms with Crippen molar-refractivity contribution in [2.75, 3.05) is 6.54 Å². The lowest BCUT2D eigenvalue weighted by Gasteiger charge is -2.41. The van der Waals surface area contributed by atoms with E-state index in [0.717, 1.165) is 30.6 Å². The molecular formula is C19H17F2N3. The van der Waals surface area contributed by atoms with Crippen LogP contribution in [-0.2, 0) is 6.54 Å². The molecule has 0 bridgehead atoms. The van der Waals surface area contributed by atoms with Gasteiger partial charge in [-0.25, -0.2) is 13.5 Å². The van der Waals surface area contributed by atoms with Crippen LogP contribution in [-0.4, -0.2) is 21.2 Å². The molecule has 0 spiro atoms. The van der Waals surface area contributed by atoms with Crippen LogP contribution in [0.3, 0.4) is 0 Å². The Labute approximate surface area is 139 Å². The Morgan fingerprint density at radius 1 is 1.04 bits per heavy atom. The summed E-state index contributed by atoms with van der Waals surface area (Å²) in [5.41, 5.74) is 2.92. The van der Waals surface area contributed by atoms with Gasteiger partial charge in [-0.3, -0.25) is 4.90 Å². The minimum absolute atomic E-state index is 0.207. The Morgan fingerprint density at radius 3 is 2.58 bits per heavy atom. The molecule has 3 aromatic rings. The van der Waals surface area contributed by atoms with Gasteiger partial charge in [0.15, 0.2) is 0 Å². The first-order valence-electron chi connectivity index (χ1n) is 7.98. The van der Waals surface area contributed by atoms with Gasteiger partial charge in [0.1, 0.15) is 11.6 Å². The lowest BCUT2D eigenvalue weighted by Crippen LogP contribution is -2.40. The lowest BCUT2D eigenvalue weighted by molar-refractivity contribution is 0.0818. The lowest BCUT2D eigenvalue weighted by atomic mass is 9.94. The smallest absolute Gasteiger partial charge is 0.125 e. The van der Waals surface area contributed by atoms with E-state index in [-0.39, 0.29) is 11.6 Å². The third-order valence-corrected chi connectivity index (χ3v) is 4.48.